The third-order valence-corrected chi connectivity index (χ3v) is 8.49. The molecule has 0 N–H and O–H groups in total. The van der Waals surface area contributed by atoms with Crippen LogP contribution in [0.1, 0.15) is 29.2 Å². The molecule has 0 saturated heterocycles. The lowest BCUT2D eigenvalue weighted by molar-refractivity contribution is -0.121. The van der Waals surface area contributed by atoms with Crippen molar-refractivity contribution < 1.29 is 28.7 Å². The van der Waals surface area contributed by atoms with Crippen LogP contribution in [0.2, 0.25) is 0 Å². The fraction of sp³-hybridized carbons (Fsp3) is 0.105. The molecule has 0 radical (unpaired) electrons. The Labute approximate surface area is 265 Å². The van der Waals surface area contributed by atoms with Crippen LogP contribution in [0.3, 0.4) is 0 Å². The summed E-state index contributed by atoms with van der Waals surface area (Å²) < 4.78 is 11.9. The molecule has 1 aliphatic carbocycles. The number of amides is 4. The van der Waals surface area contributed by atoms with Crippen LogP contribution < -0.4 is 19.3 Å². The Balaban J connectivity index is 1.56. The van der Waals surface area contributed by atoms with Gasteiger partial charge in [-0.3, -0.25) is 19.2 Å². The Morgan fingerprint density at radius 1 is 0.630 bits per heavy atom. The molecule has 0 atom stereocenters. The SMILES string of the molecule is C=CCOc1ccc(C2(c3ccc(OCC)c(N4C(=O)C=CC4=O)c3)c3ccccc3-c3ccccc32)cc1N1C(=O)C=CC1=O. The minimum Gasteiger partial charge on any atom is -0.492 e. The lowest BCUT2D eigenvalue weighted by atomic mass is 9.67. The van der Waals surface area contributed by atoms with Gasteiger partial charge in [-0.15, -0.1) is 0 Å². The number of carbonyl (C=O) groups is 4. The number of hydrogen-bond acceptors (Lipinski definition) is 6. The van der Waals surface area contributed by atoms with Crippen molar-refractivity contribution >= 4 is 35.0 Å². The minimum atomic E-state index is -1.00. The highest BCUT2D eigenvalue weighted by Crippen LogP contribution is 2.57. The van der Waals surface area contributed by atoms with Crippen LogP contribution in [-0.4, -0.2) is 36.8 Å². The summed E-state index contributed by atoms with van der Waals surface area (Å²) in [7, 11) is 0. The molecule has 0 spiro atoms. The lowest BCUT2D eigenvalue weighted by Gasteiger charge is -2.35. The second-order valence-corrected chi connectivity index (χ2v) is 10.9. The van der Waals surface area contributed by atoms with Crippen molar-refractivity contribution in [3.63, 3.8) is 0 Å². The second kappa shape index (κ2) is 11.2. The van der Waals surface area contributed by atoms with Crippen molar-refractivity contribution in [2.45, 2.75) is 12.3 Å². The van der Waals surface area contributed by atoms with E-state index in [9.17, 15) is 19.2 Å². The topological polar surface area (TPSA) is 93.2 Å². The molecule has 0 bridgehead atoms. The number of imide groups is 2. The van der Waals surface area contributed by atoms with Crippen LogP contribution in [0.15, 0.2) is 122 Å². The van der Waals surface area contributed by atoms with Gasteiger partial charge in [0.05, 0.1) is 23.4 Å². The lowest BCUT2D eigenvalue weighted by Crippen LogP contribution is -2.33. The predicted molar refractivity (Wildman–Crippen MR) is 174 cm³/mol. The smallest absolute Gasteiger partial charge is 0.258 e. The van der Waals surface area contributed by atoms with Crippen LogP contribution in [0.5, 0.6) is 11.5 Å². The van der Waals surface area contributed by atoms with Crippen molar-refractivity contribution in [1.82, 2.24) is 0 Å². The minimum absolute atomic E-state index is 0.168. The summed E-state index contributed by atoms with van der Waals surface area (Å²) in [5.74, 6) is -1.15. The molecule has 0 aromatic heterocycles. The molecule has 4 amide bonds. The van der Waals surface area contributed by atoms with Gasteiger partial charge >= 0.3 is 0 Å². The highest BCUT2D eigenvalue weighted by Gasteiger charge is 2.47. The molecule has 7 rings (SSSR count). The van der Waals surface area contributed by atoms with Gasteiger partial charge in [0.1, 0.15) is 18.1 Å². The Bertz CT molecular complexity index is 1960. The van der Waals surface area contributed by atoms with Crippen molar-refractivity contribution in [2.24, 2.45) is 0 Å². The van der Waals surface area contributed by atoms with Gasteiger partial charge in [-0.1, -0.05) is 73.3 Å². The molecule has 0 saturated carbocycles. The molecule has 0 fully saturated rings. The van der Waals surface area contributed by atoms with E-state index in [1.165, 1.54) is 24.3 Å². The van der Waals surface area contributed by atoms with Gasteiger partial charge in [0.25, 0.3) is 23.6 Å². The van der Waals surface area contributed by atoms with Crippen molar-refractivity contribution in [2.75, 3.05) is 23.0 Å². The molecular weight excluding hydrogens is 580 g/mol. The van der Waals surface area contributed by atoms with E-state index in [1.807, 2.05) is 55.5 Å². The zero-order valence-electron chi connectivity index (χ0n) is 24.9. The first kappa shape index (κ1) is 28.7. The first-order chi connectivity index (χ1) is 22.4. The van der Waals surface area contributed by atoms with E-state index in [0.29, 0.717) is 29.5 Å². The summed E-state index contributed by atoms with van der Waals surface area (Å²) in [5, 5.41) is 0. The number of fused-ring (bicyclic) bond motifs is 3. The van der Waals surface area contributed by atoms with Crippen LogP contribution >= 0.6 is 0 Å². The van der Waals surface area contributed by atoms with Crippen molar-refractivity contribution in [3.8, 4) is 22.6 Å². The average Bonchev–Trinajstić information content (AvgIpc) is 3.70. The first-order valence-corrected chi connectivity index (χ1v) is 14.9. The summed E-state index contributed by atoms with van der Waals surface area (Å²) in [4.78, 5) is 54.1. The molecular formula is C38H28N2O6. The highest BCUT2D eigenvalue weighted by atomic mass is 16.5. The fourth-order valence-corrected chi connectivity index (χ4v) is 6.70. The Morgan fingerprint density at radius 2 is 1.07 bits per heavy atom. The molecule has 4 aromatic rings. The molecule has 2 heterocycles. The average molecular weight is 609 g/mol. The van der Waals surface area contributed by atoms with E-state index in [-0.39, 0.29) is 6.61 Å². The monoisotopic (exact) mass is 608 g/mol. The van der Waals surface area contributed by atoms with Gasteiger partial charge in [0.15, 0.2) is 0 Å². The molecule has 8 heteroatoms. The normalized spacial score (nSPS) is 15.8. The Kier molecular flexibility index (Phi) is 6.97. The summed E-state index contributed by atoms with van der Waals surface area (Å²) in [6.45, 7) is 6.06. The second-order valence-electron chi connectivity index (χ2n) is 10.9. The molecule has 8 nitrogen and oxygen atoms in total. The van der Waals surface area contributed by atoms with E-state index < -0.39 is 29.0 Å². The van der Waals surface area contributed by atoms with Gasteiger partial charge in [0, 0.05) is 24.3 Å². The van der Waals surface area contributed by atoms with Gasteiger partial charge in [-0.05, 0) is 64.6 Å². The van der Waals surface area contributed by atoms with E-state index >= 15 is 0 Å². The summed E-state index contributed by atoms with van der Waals surface area (Å²) in [6.07, 6.45) is 6.55. The van der Waals surface area contributed by atoms with Crippen LogP contribution in [0.4, 0.5) is 11.4 Å². The van der Waals surface area contributed by atoms with E-state index in [2.05, 4.69) is 30.8 Å². The van der Waals surface area contributed by atoms with E-state index in [0.717, 1.165) is 43.2 Å². The zero-order chi connectivity index (χ0) is 32.0. The number of hydrogen-bond donors (Lipinski definition) is 0. The van der Waals surface area contributed by atoms with E-state index in [1.54, 1.807) is 18.2 Å². The Morgan fingerprint density at radius 3 is 1.50 bits per heavy atom. The maximum absolute atomic E-state index is 13.0. The summed E-state index contributed by atoms with van der Waals surface area (Å²) in [5.41, 5.74) is 5.01. The Hall–Kier alpha value is -6.02. The summed E-state index contributed by atoms with van der Waals surface area (Å²) >= 11 is 0. The van der Waals surface area contributed by atoms with Gasteiger partial charge < -0.3 is 9.47 Å². The van der Waals surface area contributed by atoms with Gasteiger partial charge in [0.2, 0.25) is 0 Å². The number of benzene rings is 4. The van der Waals surface area contributed by atoms with Gasteiger partial charge in [-0.2, -0.15) is 0 Å². The number of carbonyl (C=O) groups excluding carboxylic acids is 4. The van der Waals surface area contributed by atoms with Crippen LogP contribution in [0.25, 0.3) is 11.1 Å². The maximum atomic E-state index is 13.0. The number of anilines is 2. The maximum Gasteiger partial charge on any atom is 0.258 e. The zero-order valence-corrected chi connectivity index (χ0v) is 24.9. The third-order valence-electron chi connectivity index (χ3n) is 8.49. The largest absolute Gasteiger partial charge is 0.492 e. The molecule has 0 unspecified atom stereocenters. The molecule has 3 aliphatic rings. The molecule has 4 aromatic carbocycles. The first-order valence-electron chi connectivity index (χ1n) is 14.9. The number of nitrogens with zero attached hydrogens (tertiary/aromatic N) is 2. The fourth-order valence-electron chi connectivity index (χ4n) is 6.70. The van der Waals surface area contributed by atoms with Crippen LogP contribution in [-0.2, 0) is 24.6 Å². The molecule has 46 heavy (non-hydrogen) atoms. The number of ether oxygens (including phenoxy) is 2. The molecule has 2 aliphatic heterocycles. The summed E-state index contributed by atoms with van der Waals surface area (Å²) in [6, 6.07) is 27.1. The predicted octanol–water partition coefficient (Wildman–Crippen LogP) is 5.87. The van der Waals surface area contributed by atoms with Crippen molar-refractivity contribution in [1.29, 1.82) is 0 Å². The standard InChI is InChI=1S/C38H28N2O6/c1-3-21-46-33-16-14-25(23-31(33)40-36(43)19-20-37(40)44)38(28-11-7-5-9-26(28)27-10-6-8-12-29(27)38)24-13-15-32(45-4-2)30(22-24)39-34(41)17-18-35(39)42/h3,5-20,22-23H,1,4,21H2,2H3. The number of rotatable bonds is 9. The van der Waals surface area contributed by atoms with Gasteiger partial charge in [-0.25, -0.2) is 9.80 Å². The highest BCUT2D eigenvalue weighted by molar-refractivity contribution is 6.29. The molecule has 226 valence electrons. The van der Waals surface area contributed by atoms with Crippen molar-refractivity contribution in [3.05, 3.63) is 144 Å². The third kappa shape index (κ3) is 4.22. The van der Waals surface area contributed by atoms with Crippen LogP contribution in [0, 0.1) is 0 Å². The quantitative estimate of drug-likeness (QED) is 0.154. The van der Waals surface area contributed by atoms with E-state index in [4.69, 9.17) is 9.47 Å².